The zero-order chi connectivity index (χ0) is 22.8. The number of fused-ring (bicyclic) bond motifs is 3. The van der Waals surface area contributed by atoms with Gasteiger partial charge in [0.1, 0.15) is 0 Å². The molecular weight excluding hydrogens is 442 g/mol. The topological polar surface area (TPSA) is 126 Å². The molecule has 1 aliphatic heterocycles. The standard InChI is InChI=1S/C23H17N5O4S/c29-19-11-10-15(12-18(19)28(30)31)21-24-17-9-5-4-8-16(17)20-22(32-21)25-23(27-26-20)33-13-14-6-2-1-3-7-14/h1-12,21,24,29H,13H2/p-1/t21-/m0/s1. The van der Waals surface area contributed by atoms with Gasteiger partial charge in [-0.25, -0.2) is 0 Å². The van der Waals surface area contributed by atoms with E-state index in [1.165, 1.54) is 23.9 Å². The van der Waals surface area contributed by atoms with Gasteiger partial charge in [0, 0.05) is 28.6 Å². The minimum absolute atomic E-state index is 0.247. The Labute approximate surface area is 192 Å². The Hall–Kier alpha value is -4.18. The largest absolute Gasteiger partial charge is 0.868 e. The summed E-state index contributed by atoms with van der Waals surface area (Å²) in [5.41, 5.74) is 2.92. The number of thioether (sulfide) groups is 1. The highest BCUT2D eigenvalue weighted by molar-refractivity contribution is 7.98. The zero-order valence-corrected chi connectivity index (χ0v) is 17.9. The van der Waals surface area contributed by atoms with E-state index in [4.69, 9.17) is 4.74 Å². The van der Waals surface area contributed by atoms with Crippen LogP contribution in [0.25, 0.3) is 11.3 Å². The molecule has 0 aliphatic carbocycles. The Morgan fingerprint density at radius 3 is 2.64 bits per heavy atom. The fraction of sp³-hybridized carbons (Fsp3) is 0.0870. The molecule has 0 unspecified atom stereocenters. The van der Waals surface area contributed by atoms with Crippen molar-refractivity contribution < 1.29 is 14.8 Å². The third-order valence-electron chi connectivity index (χ3n) is 5.03. The predicted octanol–water partition coefficient (Wildman–Crippen LogP) is 4.32. The summed E-state index contributed by atoms with van der Waals surface area (Å²) in [6, 6.07) is 21.2. The first kappa shape index (κ1) is 20.7. The van der Waals surface area contributed by atoms with E-state index < -0.39 is 22.6 Å². The van der Waals surface area contributed by atoms with Crippen LogP contribution in [0.2, 0.25) is 0 Å². The summed E-state index contributed by atoms with van der Waals surface area (Å²) in [6.07, 6.45) is -0.824. The van der Waals surface area contributed by atoms with Crippen LogP contribution in [0.3, 0.4) is 0 Å². The van der Waals surface area contributed by atoms with Crippen LogP contribution in [0.15, 0.2) is 78.0 Å². The normalized spacial score (nSPS) is 14.2. The van der Waals surface area contributed by atoms with E-state index in [0.29, 0.717) is 27.9 Å². The fourth-order valence-electron chi connectivity index (χ4n) is 3.42. The van der Waals surface area contributed by atoms with E-state index >= 15 is 0 Å². The number of rotatable bonds is 5. The maximum absolute atomic E-state index is 11.9. The molecule has 9 nitrogen and oxygen atoms in total. The van der Waals surface area contributed by atoms with E-state index in [2.05, 4.69) is 20.5 Å². The van der Waals surface area contributed by atoms with Crippen molar-refractivity contribution in [2.45, 2.75) is 17.1 Å². The van der Waals surface area contributed by atoms with Crippen LogP contribution >= 0.6 is 11.8 Å². The maximum Gasteiger partial charge on any atom is 0.262 e. The highest BCUT2D eigenvalue weighted by Crippen LogP contribution is 2.40. The summed E-state index contributed by atoms with van der Waals surface area (Å²) in [5.74, 6) is 0.245. The smallest absolute Gasteiger partial charge is 0.262 e. The van der Waals surface area contributed by atoms with Crippen molar-refractivity contribution in [2.24, 2.45) is 0 Å². The Morgan fingerprint density at radius 2 is 1.82 bits per heavy atom. The molecule has 0 spiro atoms. The van der Waals surface area contributed by atoms with Crippen LogP contribution < -0.4 is 15.2 Å². The van der Waals surface area contributed by atoms with Crippen molar-refractivity contribution in [3.63, 3.8) is 0 Å². The average molecular weight is 458 g/mol. The summed E-state index contributed by atoms with van der Waals surface area (Å²) in [7, 11) is 0. The second-order valence-electron chi connectivity index (χ2n) is 7.19. The minimum Gasteiger partial charge on any atom is -0.868 e. The van der Waals surface area contributed by atoms with Gasteiger partial charge in [-0.05, 0) is 17.4 Å². The van der Waals surface area contributed by atoms with Crippen molar-refractivity contribution in [1.29, 1.82) is 0 Å². The molecule has 2 heterocycles. The molecule has 1 aliphatic rings. The fourth-order valence-corrected chi connectivity index (χ4v) is 4.16. The first-order chi connectivity index (χ1) is 16.1. The van der Waals surface area contributed by atoms with Gasteiger partial charge in [0.25, 0.3) is 5.69 Å². The third kappa shape index (κ3) is 4.28. The number of hydrogen-bond acceptors (Lipinski definition) is 9. The van der Waals surface area contributed by atoms with Gasteiger partial charge in [-0.2, -0.15) is 4.98 Å². The SMILES string of the molecule is O=[N+]([O-])c1cc([C@H]2Nc3ccccc3-c3nnc(SCc4ccccc4)nc3O2)ccc1[O-]. The summed E-state index contributed by atoms with van der Waals surface area (Å²) < 4.78 is 6.13. The number of anilines is 1. The van der Waals surface area contributed by atoms with Crippen LogP contribution in [0.5, 0.6) is 11.6 Å². The number of nitro benzene ring substituents is 1. The maximum atomic E-state index is 11.9. The molecule has 0 amide bonds. The third-order valence-corrected chi connectivity index (χ3v) is 5.94. The summed E-state index contributed by atoms with van der Waals surface area (Å²) in [4.78, 5) is 15.1. The van der Waals surface area contributed by atoms with Gasteiger partial charge in [-0.1, -0.05) is 72.4 Å². The lowest BCUT2D eigenvalue weighted by Crippen LogP contribution is -2.17. The first-order valence-electron chi connectivity index (χ1n) is 9.98. The number of nitrogens with zero attached hydrogens (tertiary/aromatic N) is 4. The Balaban J connectivity index is 1.52. The van der Waals surface area contributed by atoms with E-state index in [-0.39, 0.29) is 5.88 Å². The Kier molecular flexibility index (Phi) is 5.49. The van der Waals surface area contributed by atoms with E-state index in [9.17, 15) is 15.2 Å². The average Bonchev–Trinajstić information content (AvgIpc) is 3.00. The molecule has 1 aromatic heterocycles. The van der Waals surface area contributed by atoms with Crippen LogP contribution in [0.1, 0.15) is 17.4 Å². The highest BCUT2D eigenvalue weighted by Gasteiger charge is 2.27. The summed E-state index contributed by atoms with van der Waals surface area (Å²) in [5, 5.41) is 35.4. The highest BCUT2D eigenvalue weighted by atomic mass is 32.2. The molecule has 164 valence electrons. The van der Waals surface area contributed by atoms with Gasteiger partial charge in [0.15, 0.2) is 11.9 Å². The lowest BCUT2D eigenvalue weighted by atomic mass is 10.1. The molecule has 0 saturated carbocycles. The predicted molar refractivity (Wildman–Crippen MR) is 121 cm³/mol. The number of hydrogen-bond donors (Lipinski definition) is 1. The second kappa shape index (κ2) is 8.75. The second-order valence-corrected chi connectivity index (χ2v) is 8.14. The van der Waals surface area contributed by atoms with Gasteiger partial charge in [0.2, 0.25) is 11.0 Å². The summed E-state index contributed by atoms with van der Waals surface area (Å²) >= 11 is 1.42. The molecule has 0 radical (unpaired) electrons. The van der Waals surface area contributed by atoms with Gasteiger partial charge in [0.05, 0.1) is 4.92 Å². The van der Waals surface area contributed by atoms with Crippen LogP contribution in [0, 0.1) is 10.1 Å². The van der Waals surface area contributed by atoms with Crippen LogP contribution in [-0.4, -0.2) is 20.1 Å². The summed E-state index contributed by atoms with van der Waals surface area (Å²) in [6.45, 7) is 0. The number of benzene rings is 3. The van der Waals surface area contributed by atoms with E-state index in [1.807, 2.05) is 54.6 Å². The number of nitrogens with one attached hydrogen (secondary N) is 1. The molecule has 0 fully saturated rings. The molecule has 0 bridgehead atoms. The molecule has 0 saturated heterocycles. The molecule has 1 N–H and O–H groups in total. The van der Waals surface area contributed by atoms with Crippen LogP contribution in [-0.2, 0) is 5.75 Å². The Bertz CT molecular complexity index is 1340. The number of aromatic nitrogens is 3. The monoisotopic (exact) mass is 458 g/mol. The number of para-hydroxylation sites is 1. The van der Waals surface area contributed by atoms with Crippen molar-refractivity contribution in [1.82, 2.24) is 15.2 Å². The van der Waals surface area contributed by atoms with Gasteiger partial charge in [-0.15, -0.1) is 10.2 Å². The first-order valence-corrected chi connectivity index (χ1v) is 11.0. The lowest BCUT2D eigenvalue weighted by molar-refractivity contribution is -0.398. The van der Waals surface area contributed by atoms with Gasteiger partial charge >= 0.3 is 0 Å². The van der Waals surface area contributed by atoms with E-state index in [0.717, 1.165) is 17.2 Å². The van der Waals surface area contributed by atoms with Crippen molar-refractivity contribution in [3.8, 4) is 22.9 Å². The quantitative estimate of drug-likeness (QED) is 0.264. The van der Waals surface area contributed by atoms with Crippen LogP contribution in [0.4, 0.5) is 11.4 Å². The molecule has 1 atom stereocenters. The molecule has 5 rings (SSSR count). The zero-order valence-electron chi connectivity index (χ0n) is 17.0. The molecular formula is C23H16N5O4S-. The van der Waals surface area contributed by atoms with Gasteiger partial charge in [-0.3, -0.25) is 10.1 Å². The van der Waals surface area contributed by atoms with Gasteiger partial charge < -0.3 is 15.2 Å². The molecule has 10 heteroatoms. The Morgan fingerprint density at radius 1 is 1.03 bits per heavy atom. The van der Waals surface area contributed by atoms with Crippen molar-refractivity contribution in [2.75, 3.05) is 5.32 Å². The van der Waals surface area contributed by atoms with Crippen molar-refractivity contribution >= 4 is 23.1 Å². The van der Waals surface area contributed by atoms with E-state index in [1.54, 1.807) is 0 Å². The number of nitro groups is 1. The molecule has 3 aromatic carbocycles. The number of ether oxygens (including phenoxy) is 1. The lowest BCUT2D eigenvalue weighted by Gasteiger charge is -2.20. The minimum atomic E-state index is -0.824. The molecule has 33 heavy (non-hydrogen) atoms. The van der Waals surface area contributed by atoms with Crippen molar-refractivity contribution in [3.05, 3.63) is 94.0 Å². The molecule has 4 aromatic rings.